The van der Waals surface area contributed by atoms with Gasteiger partial charge in [0.15, 0.2) is 0 Å². The summed E-state index contributed by atoms with van der Waals surface area (Å²) in [5, 5.41) is 8.97. The molecule has 0 saturated carbocycles. The van der Waals surface area contributed by atoms with E-state index in [1.807, 2.05) is 24.3 Å². The number of hydrogen-bond acceptors (Lipinski definition) is 6. The van der Waals surface area contributed by atoms with Crippen LogP contribution in [-0.2, 0) is 4.79 Å². The van der Waals surface area contributed by atoms with Gasteiger partial charge in [-0.25, -0.2) is 19.3 Å². The van der Waals surface area contributed by atoms with Gasteiger partial charge in [-0.3, -0.25) is 4.79 Å². The summed E-state index contributed by atoms with van der Waals surface area (Å²) in [6.45, 7) is 1.45. The number of aromatic nitrogens is 4. The lowest BCUT2D eigenvalue weighted by atomic mass is 9.94. The van der Waals surface area contributed by atoms with Gasteiger partial charge in [-0.2, -0.15) is 0 Å². The van der Waals surface area contributed by atoms with E-state index in [0.717, 1.165) is 37.0 Å². The minimum absolute atomic E-state index is 0.197. The summed E-state index contributed by atoms with van der Waals surface area (Å²) in [4.78, 5) is 29.5. The first-order valence-corrected chi connectivity index (χ1v) is 11.1. The third kappa shape index (κ3) is 4.41. The summed E-state index contributed by atoms with van der Waals surface area (Å²) in [5.74, 6) is 0.804. The van der Waals surface area contributed by atoms with Crippen molar-refractivity contribution in [2.24, 2.45) is 5.92 Å². The predicted octanol–water partition coefficient (Wildman–Crippen LogP) is 4.53. The largest absolute Gasteiger partial charge is 0.497 e. The molecule has 2 N–H and O–H groups in total. The number of halogens is 1. The number of ether oxygens (including phenoxy) is 1. The highest BCUT2D eigenvalue weighted by Gasteiger charge is 2.23. The lowest BCUT2D eigenvalue weighted by molar-refractivity contribution is -0.138. The number of anilines is 1. The van der Waals surface area contributed by atoms with Crippen molar-refractivity contribution < 1.29 is 19.0 Å². The van der Waals surface area contributed by atoms with Crippen LogP contribution in [-0.4, -0.2) is 51.2 Å². The van der Waals surface area contributed by atoms with Crippen LogP contribution in [0.1, 0.15) is 19.3 Å². The molecule has 0 atom stereocenters. The first-order chi connectivity index (χ1) is 16.5. The number of aliphatic carboxylic acids is 1. The highest BCUT2D eigenvalue weighted by Crippen LogP contribution is 2.29. The van der Waals surface area contributed by atoms with E-state index in [9.17, 15) is 4.79 Å². The molecule has 4 aromatic rings. The van der Waals surface area contributed by atoms with E-state index in [-0.39, 0.29) is 12.3 Å². The first-order valence-electron chi connectivity index (χ1n) is 11.1. The maximum Gasteiger partial charge on any atom is 0.303 e. The summed E-state index contributed by atoms with van der Waals surface area (Å²) in [5.41, 5.74) is 3.26. The molecule has 174 valence electrons. The average molecular weight is 461 g/mol. The van der Waals surface area contributed by atoms with Gasteiger partial charge in [0.25, 0.3) is 0 Å². The molecule has 2 aromatic carbocycles. The highest BCUT2D eigenvalue weighted by atomic mass is 19.1. The Labute approximate surface area is 195 Å². The number of carboxylic acids is 1. The van der Waals surface area contributed by atoms with Gasteiger partial charge in [-0.05, 0) is 48.6 Å². The van der Waals surface area contributed by atoms with Gasteiger partial charge in [-0.1, -0.05) is 6.07 Å². The number of piperidine rings is 1. The molecule has 1 aliphatic heterocycles. The number of carbonyl (C=O) groups is 1. The molecule has 0 unspecified atom stereocenters. The van der Waals surface area contributed by atoms with Crippen LogP contribution in [0.15, 0.2) is 48.8 Å². The van der Waals surface area contributed by atoms with Gasteiger partial charge in [0.2, 0.25) is 5.95 Å². The number of nitrogens with zero attached hydrogens (tertiary/aromatic N) is 4. The standard InChI is InChI=1S/C25H24FN5O3/c1-34-18-3-5-21-22(12-18)30-24(29-21)19-4-2-16(11-20(19)26)17-13-27-25(28-14-17)31-8-6-15(7-9-31)10-23(32)33/h2-5,11-15H,6-10H2,1H3,(H,29,30)(H,32,33). The van der Waals surface area contributed by atoms with Gasteiger partial charge in [0.05, 0.1) is 23.7 Å². The van der Waals surface area contributed by atoms with Crippen LogP contribution in [0.4, 0.5) is 10.3 Å². The topological polar surface area (TPSA) is 104 Å². The Balaban J connectivity index is 1.31. The molecule has 0 aliphatic carbocycles. The van der Waals surface area contributed by atoms with Crippen molar-refractivity contribution in [1.29, 1.82) is 0 Å². The minimum atomic E-state index is -0.752. The molecule has 0 radical (unpaired) electrons. The third-order valence-electron chi connectivity index (χ3n) is 6.25. The lowest BCUT2D eigenvalue weighted by Crippen LogP contribution is -2.35. The second-order valence-electron chi connectivity index (χ2n) is 8.46. The van der Waals surface area contributed by atoms with E-state index in [1.54, 1.807) is 25.6 Å². The van der Waals surface area contributed by atoms with Gasteiger partial charge >= 0.3 is 5.97 Å². The molecule has 0 spiro atoms. The monoisotopic (exact) mass is 461 g/mol. The molecule has 0 amide bonds. The Morgan fingerprint density at radius 2 is 1.91 bits per heavy atom. The molecule has 5 rings (SSSR count). The fourth-order valence-electron chi connectivity index (χ4n) is 4.35. The van der Waals surface area contributed by atoms with Crippen LogP contribution >= 0.6 is 0 Å². The van der Waals surface area contributed by atoms with Crippen molar-refractivity contribution in [3.8, 4) is 28.3 Å². The fraction of sp³-hybridized carbons (Fsp3) is 0.280. The van der Waals surface area contributed by atoms with Crippen LogP contribution < -0.4 is 9.64 Å². The highest BCUT2D eigenvalue weighted by molar-refractivity contribution is 5.81. The fourth-order valence-corrected chi connectivity index (χ4v) is 4.35. The van der Waals surface area contributed by atoms with E-state index in [4.69, 9.17) is 9.84 Å². The van der Waals surface area contributed by atoms with Gasteiger partial charge < -0.3 is 19.7 Å². The SMILES string of the molecule is COc1ccc2nc(-c3ccc(-c4cnc(N5CCC(CC(=O)O)CC5)nc4)cc3F)[nH]c2c1. The van der Waals surface area contributed by atoms with Gasteiger partial charge in [0, 0.05) is 43.5 Å². The Morgan fingerprint density at radius 3 is 2.59 bits per heavy atom. The molecule has 2 aromatic heterocycles. The van der Waals surface area contributed by atoms with Crippen molar-refractivity contribution in [3.63, 3.8) is 0 Å². The smallest absolute Gasteiger partial charge is 0.303 e. The third-order valence-corrected chi connectivity index (χ3v) is 6.25. The molecule has 1 fully saturated rings. The van der Waals surface area contributed by atoms with E-state index < -0.39 is 11.8 Å². The normalized spacial score (nSPS) is 14.5. The minimum Gasteiger partial charge on any atom is -0.497 e. The lowest BCUT2D eigenvalue weighted by Gasteiger charge is -2.31. The number of rotatable bonds is 6. The van der Waals surface area contributed by atoms with Crippen LogP contribution in [0.3, 0.4) is 0 Å². The van der Waals surface area contributed by atoms with Crippen molar-refractivity contribution in [2.75, 3.05) is 25.1 Å². The number of imidazole rings is 1. The van der Waals surface area contributed by atoms with Crippen molar-refractivity contribution in [3.05, 3.63) is 54.6 Å². The van der Waals surface area contributed by atoms with Crippen LogP contribution in [0.5, 0.6) is 5.75 Å². The second kappa shape index (κ2) is 9.09. The Hall–Kier alpha value is -4.01. The van der Waals surface area contributed by atoms with Crippen molar-refractivity contribution >= 4 is 23.0 Å². The van der Waals surface area contributed by atoms with Crippen LogP contribution in [0, 0.1) is 11.7 Å². The summed E-state index contributed by atoms with van der Waals surface area (Å²) in [6, 6.07) is 10.4. The van der Waals surface area contributed by atoms with E-state index in [1.165, 1.54) is 6.07 Å². The van der Waals surface area contributed by atoms with Gasteiger partial charge in [-0.15, -0.1) is 0 Å². The van der Waals surface area contributed by atoms with Gasteiger partial charge in [0.1, 0.15) is 17.4 Å². The van der Waals surface area contributed by atoms with E-state index in [0.29, 0.717) is 34.2 Å². The molecule has 0 bridgehead atoms. The number of aromatic amines is 1. The molecular formula is C25H24FN5O3. The predicted molar refractivity (Wildman–Crippen MR) is 126 cm³/mol. The number of methoxy groups -OCH3 is 1. The number of fused-ring (bicyclic) bond motifs is 1. The number of benzene rings is 2. The molecular weight excluding hydrogens is 437 g/mol. The molecule has 8 nitrogen and oxygen atoms in total. The maximum atomic E-state index is 15.0. The Morgan fingerprint density at radius 1 is 1.15 bits per heavy atom. The molecule has 34 heavy (non-hydrogen) atoms. The average Bonchev–Trinajstić information content (AvgIpc) is 3.27. The quantitative estimate of drug-likeness (QED) is 0.435. The summed E-state index contributed by atoms with van der Waals surface area (Å²) in [6.07, 6.45) is 5.19. The van der Waals surface area contributed by atoms with Crippen LogP contribution in [0.2, 0.25) is 0 Å². The van der Waals surface area contributed by atoms with Crippen LogP contribution in [0.25, 0.3) is 33.5 Å². The second-order valence-corrected chi connectivity index (χ2v) is 8.46. The maximum absolute atomic E-state index is 15.0. The molecule has 1 saturated heterocycles. The summed E-state index contributed by atoms with van der Waals surface area (Å²) in [7, 11) is 1.59. The zero-order valence-corrected chi connectivity index (χ0v) is 18.7. The Bertz CT molecular complexity index is 1330. The molecule has 3 heterocycles. The van der Waals surface area contributed by atoms with Crippen molar-refractivity contribution in [1.82, 2.24) is 19.9 Å². The Kier molecular flexibility index (Phi) is 5.83. The number of H-pyrrole nitrogens is 1. The zero-order chi connectivity index (χ0) is 23.7. The molecule has 1 aliphatic rings. The number of carboxylic acid groups (broad SMARTS) is 1. The summed E-state index contributed by atoms with van der Waals surface area (Å²) >= 11 is 0. The zero-order valence-electron chi connectivity index (χ0n) is 18.7. The van der Waals surface area contributed by atoms with Crippen molar-refractivity contribution in [2.45, 2.75) is 19.3 Å². The molecule has 9 heteroatoms. The number of nitrogens with one attached hydrogen (secondary N) is 1. The summed E-state index contributed by atoms with van der Waals surface area (Å²) < 4.78 is 20.3. The van der Waals surface area contributed by atoms with E-state index >= 15 is 4.39 Å². The first kappa shape index (κ1) is 21.8. The number of hydrogen-bond donors (Lipinski definition) is 2. The van der Waals surface area contributed by atoms with E-state index in [2.05, 4.69) is 24.8 Å².